The first kappa shape index (κ1) is 35.3. The number of hydrogen-bond acceptors (Lipinski definition) is 6. The minimum absolute atomic E-state index is 0.0361. The molecule has 4 aromatic rings. The third-order valence-corrected chi connectivity index (χ3v) is 9.60. The van der Waals surface area contributed by atoms with Gasteiger partial charge in [-0.15, -0.1) is 0 Å². The number of carbonyl (C=O) groups excluding carboxylic acids is 2. The number of nitrogens with zero attached hydrogens (tertiary/aromatic N) is 1. The molecule has 0 spiro atoms. The highest BCUT2D eigenvalue weighted by molar-refractivity contribution is 7.92. The van der Waals surface area contributed by atoms with E-state index < -0.39 is 28.1 Å². The van der Waals surface area contributed by atoms with Gasteiger partial charge in [-0.05, 0) is 62.1 Å². The maximum atomic E-state index is 13.9. The number of anilines is 1. The van der Waals surface area contributed by atoms with Crippen molar-refractivity contribution in [2.45, 2.75) is 51.4 Å². The zero-order valence-electron chi connectivity index (χ0n) is 27.3. The highest BCUT2D eigenvalue weighted by Crippen LogP contribution is 2.24. The number of aliphatic hydroxyl groups excluding tert-OH is 1. The molecule has 0 radical (unpaired) electrons. The lowest BCUT2D eigenvalue weighted by atomic mass is 9.99. The molecule has 9 nitrogen and oxygen atoms in total. The van der Waals surface area contributed by atoms with Crippen LogP contribution in [0.5, 0.6) is 0 Å². The van der Waals surface area contributed by atoms with Gasteiger partial charge in [-0.1, -0.05) is 91.0 Å². The summed E-state index contributed by atoms with van der Waals surface area (Å²) >= 11 is 0. The van der Waals surface area contributed by atoms with Crippen LogP contribution >= 0.6 is 0 Å². The van der Waals surface area contributed by atoms with Crippen LogP contribution < -0.4 is 15.4 Å². The Kier molecular flexibility index (Phi) is 12.3. The molecule has 248 valence electrons. The predicted octanol–water partition coefficient (Wildman–Crippen LogP) is 5.33. The Bertz CT molecular complexity index is 1720. The van der Waals surface area contributed by atoms with Crippen molar-refractivity contribution in [3.63, 3.8) is 0 Å². The summed E-state index contributed by atoms with van der Waals surface area (Å²) in [6.07, 6.45) is -0.619. The van der Waals surface area contributed by atoms with Crippen LogP contribution in [0.2, 0.25) is 0 Å². The van der Waals surface area contributed by atoms with Crippen molar-refractivity contribution < 1.29 is 23.1 Å². The summed E-state index contributed by atoms with van der Waals surface area (Å²) < 4.78 is 27.5. The van der Waals surface area contributed by atoms with Crippen molar-refractivity contribution in [1.82, 2.24) is 15.5 Å². The van der Waals surface area contributed by atoms with Crippen molar-refractivity contribution >= 4 is 27.5 Å². The summed E-state index contributed by atoms with van der Waals surface area (Å²) in [7, 11) is -2.04. The van der Waals surface area contributed by atoms with Crippen LogP contribution in [0.3, 0.4) is 0 Å². The van der Waals surface area contributed by atoms with Gasteiger partial charge in [-0.2, -0.15) is 0 Å². The number of amides is 2. The molecule has 0 fully saturated rings. The zero-order valence-corrected chi connectivity index (χ0v) is 28.1. The molecule has 0 unspecified atom stereocenters. The summed E-state index contributed by atoms with van der Waals surface area (Å²) in [6, 6.07) is 32.2. The van der Waals surface area contributed by atoms with Crippen LogP contribution in [0.1, 0.15) is 70.3 Å². The number of sulfonamides is 1. The van der Waals surface area contributed by atoms with Crippen molar-refractivity contribution in [3.05, 3.63) is 137 Å². The second-order valence-electron chi connectivity index (χ2n) is 11.7. The number of carbonyl (C=O) groups is 2. The minimum Gasteiger partial charge on any atom is -0.390 e. The molecule has 0 bridgehead atoms. The lowest BCUT2D eigenvalue weighted by Gasteiger charge is -2.27. The molecule has 0 saturated carbocycles. The van der Waals surface area contributed by atoms with Gasteiger partial charge in [0, 0.05) is 30.8 Å². The second kappa shape index (κ2) is 16.4. The van der Waals surface area contributed by atoms with Gasteiger partial charge in [0.25, 0.3) is 11.8 Å². The Morgan fingerprint density at radius 2 is 1.36 bits per heavy atom. The van der Waals surface area contributed by atoms with Crippen LogP contribution in [-0.2, 0) is 16.4 Å². The van der Waals surface area contributed by atoms with Gasteiger partial charge in [0.15, 0.2) is 0 Å². The van der Waals surface area contributed by atoms with Crippen molar-refractivity contribution in [3.8, 4) is 0 Å². The van der Waals surface area contributed by atoms with Gasteiger partial charge in [-0.3, -0.25) is 14.3 Å². The fourth-order valence-corrected chi connectivity index (χ4v) is 5.85. The maximum Gasteiger partial charge on any atom is 0.254 e. The van der Waals surface area contributed by atoms with E-state index in [0.29, 0.717) is 6.42 Å². The second-order valence-corrected chi connectivity index (χ2v) is 13.7. The Morgan fingerprint density at radius 3 is 1.96 bits per heavy atom. The lowest BCUT2D eigenvalue weighted by molar-refractivity contribution is 0.0742. The van der Waals surface area contributed by atoms with Crippen molar-refractivity contribution in [2.24, 2.45) is 0 Å². The quantitative estimate of drug-likeness (QED) is 0.137. The smallest absolute Gasteiger partial charge is 0.254 e. The Labute approximate surface area is 278 Å². The number of rotatable bonds is 15. The third-order valence-electron chi connectivity index (χ3n) is 8.29. The molecule has 0 aliphatic carbocycles. The van der Waals surface area contributed by atoms with Crippen LogP contribution in [0.25, 0.3) is 0 Å². The molecular weight excluding hydrogens is 612 g/mol. The van der Waals surface area contributed by atoms with Gasteiger partial charge >= 0.3 is 0 Å². The minimum atomic E-state index is -3.71. The first-order chi connectivity index (χ1) is 22.5. The summed E-state index contributed by atoms with van der Waals surface area (Å²) in [5.41, 5.74) is 3.25. The van der Waals surface area contributed by atoms with E-state index in [9.17, 15) is 23.1 Å². The molecule has 10 heteroatoms. The third kappa shape index (κ3) is 9.99. The first-order valence-electron chi connectivity index (χ1n) is 15.8. The molecule has 0 heterocycles. The van der Waals surface area contributed by atoms with E-state index in [-0.39, 0.29) is 47.1 Å². The van der Waals surface area contributed by atoms with Gasteiger partial charge in [-0.25, -0.2) is 8.42 Å². The van der Waals surface area contributed by atoms with Crippen LogP contribution in [0, 0.1) is 0 Å². The average molecular weight is 657 g/mol. The van der Waals surface area contributed by atoms with E-state index in [4.69, 9.17) is 0 Å². The van der Waals surface area contributed by atoms with E-state index in [1.165, 1.54) is 25.1 Å². The Morgan fingerprint density at radius 1 is 0.809 bits per heavy atom. The summed E-state index contributed by atoms with van der Waals surface area (Å²) in [4.78, 5) is 29.1. The molecule has 4 atom stereocenters. The maximum absolute atomic E-state index is 13.9. The monoisotopic (exact) mass is 656 g/mol. The highest BCUT2D eigenvalue weighted by Gasteiger charge is 2.26. The SMILES string of the molecule is CCS(=O)(=O)Nc1cc(C(=O)N[C@@H](Cc2ccccc2)[C@H](O)CN[C@@H](C)c2ccccc2)cc(C(=O)N(C)[C@@H](C)c2ccccc2)c1. The fourth-order valence-electron chi connectivity index (χ4n) is 5.23. The normalized spacial score (nSPS) is 14.0. The van der Waals surface area contributed by atoms with Crippen LogP contribution in [-0.4, -0.2) is 61.7 Å². The number of hydrogen-bond donors (Lipinski definition) is 4. The molecule has 0 aliphatic heterocycles. The molecule has 2 amide bonds. The number of benzene rings is 4. The van der Waals surface area contributed by atoms with Gasteiger partial charge in [0.2, 0.25) is 10.0 Å². The first-order valence-corrected chi connectivity index (χ1v) is 17.4. The molecule has 4 N–H and O–H groups in total. The molecular formula is C37H44N4O5S. The van der Waals surface area contributed by atoms with E-state index >= 15 is 0 Å². The van der Waals surface area contributed by atoms with Crippen molar-refractivity contribution in [1.29, 1.82) is 0 Å². The Balaban J connectivity index is 1.61. The van der Waals surface area contributed by atoms with Gasteiger partial charge in [0.05, 0.1) is 29.6 Å². The molecule has 4 aromatic carbocycles. The number of aliphatic hydroxyl groups is 1. The largest absolute Gasteiger partial charge is 0.390 e. The highest BCUT2D eigenvalue weighted by atomic mass is 32.2. The van der Waals surface area contributed by atoms with Crippen LogP contribution in [0.15, 0.2) is 109 Å². The topological polar surface area (TPSA) is 128 Å². The van der Waals surface area contributed by atoms with Crippen molar-refractivity contribution in [2.75, 3.05) is 24.1 Å². The standard InChI is InChI=1S/C37H44N4O5S/c1-5-47(45,46)40-33-23-31(22-32(24-33)37(44)41(4)27(3)30-19-13-8-14-20-30)36(43)39-34(21-28-15-9-6-10-16-28)35(42)25-38-26(2)29-17-11-7-12-18-29/h6-20,22-24,26-27,34-35,38,40,42H,5,21,25H2,1-4H3,(H,39,43)/t26-,27-,34-,35+/m0/s1. The molecule has 47 heavy (non-hydrogen) atoms. The van der Waals surface area contributed by atoms with Crippen LogP contribution in [0.4, 0.5) is 5.69 Å². The molecule has 4 rings (SSSR count). The Hall–Kier alpha value is -4.51. The van der Waals surface area contributed by atoms with Gasteiger partial charge in [0.1, 0.15) is 0 Å². The molecule has 0 aromatic heterocycles. The predicted molar refractivity (Wildman–Crippen MR) is 187 cm³/mol. The number of nitrogens with one attached hydrogen (secondary N) is 3. The van der Waals surface area contributed by atoms with E-state index in [1.54, 1.807) is 11.9 Å². The average Bonchev–Trinajstić information content (AvgIpc) is 3.10. The van der Waals surface area contributed by atoms with E-state index in [0.717, 1.165) is 16.7 Å². The summed E-state index contributed by atoms with van der Waals surface area (Å²) in [5, 5.41) is 17.7. The summed E-state index contributed by atoms with van der Waals surface area (Å²) in [6.45, 7) is 5.61. The fraction of sp³-hybridized carbons (Fsp3) is 0.297. The summed E-state index contributed by atoms with van der Waals surface area (Å²) in [5.74, 6) is -1.11. The molecule has 0 aliphatic rings. The zero-order chi connectivity index (χ0) is 34.0. The van der Waals surface area contributed by atoms with Gasteiger partial charge < -0.3 is 20.6 Å². The van der Waals surface area contributed by atoms with E-state index in [2.05, 4.69) is 15.4 Å². The molecule has 0 saturated heterocycles. The lowest BCUT2D eigenvalue weighted by Crippen LogP contribution is -2.49. The van der Waals surface area contributed by atoms with E-state index in [1.807, 2.05) is 105 Å².